The average molecular weight is 547 g/mol. The number of nitrogen functional groups attached to an aromatic ring is 1. The number of nitrogens with zero attached hydrogens (tertiary/aromatic N) is 2. The van der Waals surface area contributed by atoms with E-state index in [0.29, 0.717) is 6.07 Å². The van der Waals surface area contributed by atoms with Crippen molar-refractivity contribution >= 4 is 17.8 Å². The quantitative estimate of drug-likeness (QED) is 0.407. The Bertz CT molecular complexity index is 1380. The summed E-state index contributed by atoms with van der Waals surface area (Å²) in [5.74, 6) is -2.79. The molecule has 39 heavy (non-hydrogen) atoms. The number of aromatic nitrogens is 2. The van der Waals surface area contributed by atoms with Gasteiger partial charge in [-0.15, -0.1) is 0 Å². The summed E-state index contributed by atoms with van der Waals surface area (Å²) in [5.41, 5.74) is 3.54. The third-order valence-electron chi connectivity index (χ3n) is 6.12. The largest absolute Gasteiger partial charge is 0.462 e. The molecule has 0 spiro atoms. The van der Waals surface area contributed by atoms with E-state index in [1.54, 1.807) is 18.2 Å². The van der Waals surface area contributed by atoms with Crippen LogP contribution in [0, 0.1) is 5.92 Å². The minimum Gasteiger partial charge on any atom is -0.462 e. The lowest BCUT2D eigenvalue weighted by atomic mass is 9.96. The van der Waals surface area contributed by atoms with Gasteiger partial charge in [0.05, 0.1) is 28.7 Å². The molecule has 0 saturated carbocycles. The fourth-order valence-electron chi connectivity index (χ4n) is 4.22. The second-order valence-electron chi connectivity index (χ2n) is 8.70. The van der Waals surface area contributed by atoms with Crippen LogP contribution in [-0.4, -0.2) is 52.0 Å². The average Bonchev–Trinajstić information content (AvgIpc) is 3.23. The van der Waals surface area contributed by atoms with Crippen LogP contribution in [0.5, 0.6) is 0 Å². The normalized spacial score (nSPS) is 20.9. The number of nitrogens with two attached hydrogens (primary N) is 1. The van der Waals surface area contributed by atoms with Crippen LogP contribution in [-0.2, 0) is 20.4 Å². The van der Waals surface area contributed by atoms with Gasteiger partial charge in [0.2, 0.25) is 0 Å². The second kappa shape index (κ2) is 11.7. The Morgan fingerprint density at radius 2 is 1.77 bits per heavy atom. The van der Waals surface area contributed by atoms with Crippen molar-refractivity contribution in [3.8, 4) is 0 Å². The van der Waals surface area contributed by atoms with Gasteiger partial charge >= 0.3 is 23.8 Å². The molecule has 1 aliphatic heterocycles. The summed E-state index contributed by atoms with van der Waals surface area (Å²) in [5, 5.41) is 9.60. The van der Waals surface area contributed by atoms with Crippen LogP contribution in [0.4, 0.5) is 19.0 Å². The van der Waals surface area contributed by atoms with E-state index >= 15 is 0 Å². The zero-order chi connectivity index (χ0) is 28.2. The van der Waals surface area contributed by atoms with Crippen LogP contribution >= 0.6 is 0 Å². The Morgan fingerprint density at radius 3 is 2.44 bits per heavy atom. The first-order valence-corrected chi connectivity index (χ1v) is 11.8. The van der Waals surface area contributed by atoms with Crippen LogP contribution in [0.1, 0.15) is 38.9 Å². The van der Waals surface area contributed by atoms with Gasteiger partial charge in [0.1, 0.15) is 12.4 Å². The number of alkyl halides is 3. The number of carbonyl (C=O) groups is 2. The smallest absolute Gasteiger partial charge is 0.416 e. The Balaban J connectivity index is 1.67. The Labute approximate surface area is 219 Å². The van der Waals surface area contributed by atoms with Crippen molar-refractivity contribution in [2.45, 2.75) is 31.0 Å². The number of ether oxygens (including phenoxy) is 3. The molecule has 0 aliphatic carbocycles. The molecule has 0 unspecified atom stereocenters. The number of rotatable bonds is 8. The molecule has 1 aliphatic rings. The SMILES string of the molecule is Nc1ccn([C@@H]2O[C@H](CCO)[C@@H](COC(=O)c3ccccc3)[C@H]2OC(=O)c2cccc(C(F)(F)F)c2)c(=O)n1. The number of aliphatic hydroxyl groups is 1. The van der Waals surface area contributed by atoms with Gasteiger partial charge in [-0.05, 0) is 42.8 Å². The lowest BCUT2D eigenvalue weighted by Gasteiger charge is -2.25. The molecule has 13 heteroatoms. The summed E-state index contributed by atoms with van der Waals surface area (Å²) < 4.78 is 57.7. The monoisotopic (exact) mass is 547 g/mol. The van der Waals surface area contributed by atoms with Crippen LogP contribution in [0.3, 0.4) is 0 Å². The summed E-state index contributed by atoms with van der Waals surface area (Å²) in [6.45, 7) is -0.712. The highest BCUT2D eigenvalue weighted by Gasteiger charge is 2.49. The Morgan fingerprint density at radius 1 is 1.05 bits per heavy atom. The molecule has 2 heterocycles. The fraction of sp³-hybridized carbons (Fsp3) is 0.308. The lowest BCUT2D eigenvalue weighted by molar-refractivity contribution is -0.137. The van der Waals surface area contributed by atoms with E-state index in [2.05, 4.69) is 4.98 Å². The molecule has 206 valence electrons. The van der Waals surface area contributed by atoms with E-state index in [1.807, 2.05) is 0 Å². The van der Waals surface area contributed by atoms with Gasteiger partial charge in [-0.1, -0.05) is 24.3 Å². The van der Waals surface area contributed by atoms with Crippen molar-refractivity contribution in [3.63, 3.8) is 0 Å². The van der Waals surface area contributed by atoms with Gasteiger partial charge in [0.15, 0.2) is 12.3 Å². The zero-order valence-electron chi connectivity index (χ0n) is 20.3. The minimum absolute atomic E-state index is 0.0127. The highest BCUT2D eigenvalue weighted by Crippen LogP contribution is 2.38. The molecule has 3 aromatic rings. The summed E-state index contributed by atoms with van der Waals surface area (Å²) in [6.07, 6.45) is -6.92. The van der Waals surface area contributed by atoms with Crippen LogP contribution in [0.2, 0.25) is 0 Å². The molecular weight excluding hydrogens is 523 g/mol. The molecule has 10 nitrogen and oxygen atoms in total. The number of hydrogen-bond acceptors (Lipinski definition) is 9. The van der Waals surface area contributed by atoms with Gasteiger partial charge in [0.25, 0.3) is 0 Å². The first-order valence-electron chi connectivity index (χ1n) is 11.8. The Kier molecular flexibility index (Phi) is 8.31. The van der Waals surface area contributed by atoms with Gasteiger partial charge in [-0.25, -0.2) is 14.4 Å². The van der Waals surface area contributed by atoms with Crippen molar-refractivity contribution in [3.05, 3.63) is 94.0 Å². The van der Waals surface area contributed by atoms with Crippen LogP contribution < -0.4 is 11.4 Å². The number of benzene rings is 2. The maximum absolute atomic E-state index is 13.2. The van der Waals surface area contributed by atoms with E-state index in [-0.39, 0.29) is 31.0 Å². The molecular formula is C26H24F3N3O7. The van der Waals surface area contributed by atoms with Crippen molar-refractivity contribution in [2.24, 2.45) is 5.92 Å². The van der Waals surface area contributed by atoms with E-state index in [1.165, 1.54) is 24.4 Å². The number of hydrogen-bond donors (Lipinski definition) is 2. The van der Waals surface area contributed by atoms with Crippen molar-refractivity contribution < 1.29 is 42.1 Å². The molecule has 0 amide bonds. The first-order chi connectivity index (χ1) is 18.6. The van der Waals surface area contributed by atoms with E-state index in [9.17, 15) is 32.7 Å². The van der Waals surface area contributed by atoms with Crippen LogP contribution in [0.25, 0.3) is 0 Å². The van der Waals surface area contributed by atoms with E-state index in [0.717, 1.165) is 22.8 Å². The highest BCUT2D eigenvalue weighted by molar-refractivity contribution is 5.90. The Hall–Kier alpha value is -4.23. The topological polar surface area (TPSA) is 143 Å². The van der Waals surface area contributed by atoms with Gasteiger partial charge in [-0.3, -0.25) is 4.57 Å². The summed E-state index contributed by atoms with van der Waals surface area (Å²) in [6, 6.07) is 13.0. The number of halogens is 3. The van der Waals surface area contributed by atoms with E-state index < -0.39 is 59.3 Å². The molecule has 0 bridgehead atoms. The van der Waals surface area contributed by atoms with Crippen LogP contribution in [0.15, 0.2) is 71.7 Å². The molecule has 1 aromatic heterocycles. The standard InChI is InChI=1S/C26H24F3N3O7/c27-26(28,29)17-8-4-7-16(13-17)24(35)39-21-18(14-37-23(34)15-5-2-1-3-6-15)19(10-12-33)38-22(21)32-11-9-20(30)31-25(32)36/h1-9,11,13,18-19,21-22,33H,10,12,14H2,(H2,30,31,36)/t18-,19-,21-,22-/m1/s1. The van der Waals surface area contributed by atoms with E-state index in [4.69, 9.17) is 19.9 Å². The summed E-state index contributed by atoms with van der Waals surface area (Å²) in [7, 11) is 0. The molecule has 4 rings (SSSR count). The first kappa shape index (κ1) is 27.8. The van der Waals surface area contributed by atoms with Gasteiger partial charge < -0.3 is 25.1 Å². The highest BCUT2D eigenvalue weighted by atomic mass is 19.4. The molecule has 0 radical (unpaired) electrons. The lowest BCUT2D eigenvalue weighted by Crippen LogP contribution is -2.38. The molecule has 2 aromatic carbocycles. The number of carbonyl (C=O) groups excluding carboxylic acids is 2. The zero-order valence-corrected chi connectivity index (χ0v) is 20.3. The van der Waals surface area contributed by atoms with Gasteiger partial charge in [-0.2, -0.15) is 18.2 Å². The number of esters is 2. The molecule has 1 saturated heterocycles. The fourth-order valence-corrected chi connectivity index (χ4v) is 4.22. The number of aliphatic hydroxyl groups excluding tert-OH is 1. The van der Waals surface area contributed by atoms with Crippen molar-refractivity contribution in [1.29, 1.82) is 0 Å². The third kappa shape index (κ3) is 6.44. The maximum Gasteiger partial charge on any atom is 0.416 e. The summed E-state index contributed by atoms with van der Waals surface area (Å²) in [4.78, 5) is 41.9. The predicted molar refractivity (Wildman–Crippen MR) is 129 cm³/mol. The minimum atomic E-state index is -4.70. The summed E-state index contributed by atoms with van der Waals surface area (Å²) >= 11 is 0. The van der Waals surface area contributed by atoms with Crippen molar-refractivity contribution in [1.82, 2.24) is 9.55 Å². The molecule has 1 fully saturated rings. The van der Waals surface area contributed by atoms with Gasteiger partial charge in [0, 0.05) is 12.8 Å². The van der Waals surface area contributed by atoms with Crippen molar-refractivity contribution in [2.75, 3.05) is 18.9 Å². The third-order valence-corrected chi connectivity index (χ3v) is 6.12. The molecule has 4 atom stereocenters. The molecule has 3 N–H and O–H groups in total. The predicted octanol–water partition coefficient (Wildman–Crippen LogP) is 2.82. The number of anilines is 1. The maximum atomic E-state index is 13.2. The second-order valence-corrected chi connectivity index (χ2v) is 8.70.